The van der Waals surface area contributed by atoms with Gasteiger partial charge in [-0.25, -0.2) is 0 Å². The first-order chi connectivity index (χ1) is 9.94. The molecule has 5 nitrogen and oxygen atoms in total. The average molecular weight is 296 g/mol. The Morgan fingerprint density at radius 1 is 1.24 bits per heavy atom. The molecule has 0 aromatic heterocycles. The summed E-state index contributed by atoms with van der Waals surface area (Å²) in [5, 5.41) is 15.4. The molecule has 2 aliphatic rings. The lowest BCUT2D eigenvalue weighted by Gasteiger charge is -2.29. The maximum atomic E-state index is 12.1. The van der Waals surface area contributed by atoms with Crippen LogP contribution in [0, 0.1) is 11.8 Å². The van der Waals surface area contributed by atoms with E-state index in [4.69, 9.17) is 0 Å². The second-order valence-electron chi connectivity index (χ2n) is 6.99. The number of rotatable bonds is 7. The predicted octanol–water partition coefficient (Wildman–Crippen LogP) is 1.35. The van der Waals surface area contributed by atoms with Gasteiger partial charge >= 0.3 is 0 Å². The van der Waals surface area contributed by atoms with Crippen molar-refractivity contribution in [2.45, 2.75) is 70.4 Å². The molecule has 0 aliphatic heterocycles. The molecule has 120 valence electrons. The average Bonchev–Trinajstić information content (AvgIpc) is 3.14. The zero-order chi connectivity index (χ0) is 15.5. The highest BCUT2D eigenvalue weighted by atomic mass is 16.3. The first kappa shape index (κ1) is 16.3. The second kappa shape index (κ2) is 6.77. The lowest BCUT2D eigenvalue weighted by Crippen LogP contribution is -2.52. The van der Waals surface area contributed by atoms with Crippen LogP contribution in [-0.4, -0.2) is 35.1 Å². The molecule has 0 heterocycles. The molecule has 0 bridgehead atoms. The molecule has 2 fully saturated rings. The van der Waals surface area contributed by atoms with E-state index in [0.717, 1.165) is 38.5 Å². The summed E-state index contributed by atoms with van der Waals surface area (Å²) in [4.78, 5) is 24.1. The summed E-state index contributed by atoms with van der Waals surface area (Å²) in [5.41, 5.74) is -0.508. The Kier molecular flexibility index (Phi) is 5.25. The van der Waals surface area contributed by atoms with Crippen LogP contribution in [0.3, 0.4) is 0 Å². The number of hydrogen-bond acceptors (Lipinski definition) is 3. The number of carbonyl (C=O) groups excluding carboxylic acids is 2. The Labute approximate surface area is 126 Å². The van der Waals surface area contributed by atoms with Gasteiger partial charge in [0.15, 0.2) is 0 Å². The summed E-state index contributed by atoms with van der Waals surface area (Å²) in [6, 6.07) is -0.166. The van der Waals surface area contributed by atoms with Gasteiger partial charge in [-0.05, 0) is 45.4 Å². The van der Waals surface area contributed by atoms with Crippen LogP contribution in [0.5, 0.6) is 0 Å². The van der Waals surface area contributed by atoms with Gasteiger partial charge in [-0.1, -0.05) is 12.8 Å². The molecule has 21 heavy (non-hydrogen) atoms. The number of amides is 2. The van der Waals surface area contributed by atoms with Gasteiger partial charge in [0, 0.05) is 18.4 Å². The second-order valence-corrected chi connectivity index (χ2v) is 6.99. The highest BCUT2D eigenvalue weighted by molar-refractivity contribution is 5.81. The Bertz CT molecular complexity index is 389. The molecular weight excluding hydrogens is 268 g/mol. The van der Waals surface area contributed by atoms with Gasteiger partial charge in [-0.2, -0.15) is 0 Å². The van der Waals surface area contributed by atoms with Crippen molar-refractivity contribution >= 4 is 11.8 Å². The van der Waals surface area contributed by atoms with Crippen LogP contribution in [0.4, 0.5) is 0 Å². The Hall–Kier alpha value is -1.10. The van der Waals surface area contributed by atoms with Gasteiger partial charge in [-0.15, -0.1) is 0 Å². The monoisotopic (exact) mass is 296 g/mol. The molecule has 0 spiro atoms. The van der Waals surface area contributed by atoms with Crippen LogP contribution in [0.25, 0.3) is 0 Å². The molecule has 2 unspecified atom stereocenters. The molecule has 2 amide bonds. The Balaban J connectivity index is 1.74. The largest absolute Gasteiger partial charge is 0.394 e. The van der Waals surface area contributed by atoms with Crippen molar-refractivity contribution in [3.63, 3.8) is 0 Å². The Morgan fingerprint density at radius 3 is 2.38 bits per heavy atom. The minimum absolute atomic E-state index is 0.0355. The zero-order valence-corrected chi connectivity index (χ0v) is 13.2. The van der Waals surface area contributed by atoms with E-state index < -0.39 is 5.54 Å². The smallest absolute Gasteiger partial charge is 0.223 e. The molecule has 0 aromatic rings. The van der Waals surface area contributed by atoms with Crippen molar-refractivity contribution < 1.29 is 14.7 Å². The fourth-order valence-electron chi connectivity index (χ4n) is 3.24. The standard InChI is InChI=1S/C16H28N2O3/c1-11(17-15(21)12-5-3-4-6-12)9-14(20)18-16(2,10-19)13-7-8-13/h11-13,19H,3-10H2,1-2H3,(H,17,21)(H,18,20). The van der Waals surface area contributed by atoms with E-state index in [1.54, 1.807) is 0 Å². The van der Waals surface area contributed by atoms with E-state index >= 15 is 0 Å². The van der Waals surface area contributed by atoms with E-state index in [0.29, 0.717) is 5.92 Å². The van der Waals surface area contributed by atoms with Gasteiger partial charge in [0.05, 0.1) is 12.1 Å². The maximum absolute atomic E-state index is 12.1. The van der Waals surface area contributed by atoms with E-state index in [-0.39, 0.29) is 36.8 Å². The minimum Gasteiger partial charge on any atom is -0.394 e. The van der Waals surface area contributed by atoms with Crippen molar-refractivity contribution in [3.8, 4) is 0 Å². The summed E-state index contributed by atoms with van der Waals surface area (Å²) in [7, 11) is 0. The van der Waals surface area contributed by atoms with E-state index in [1.165, 1.54) is 0 Å². The van der Waals surface area contributed by atoms with Crippen molar-refractivity contribution in [3.05, 3.63) is 0 Å². The highest BCUT2D eigenvalue weighted by Gasteiger charge is 2.42. The van der Waals surface area contributed by atoms with Gasteiger partial charge in [-0.3, -0.25) is 9.59 Å². The van der Waals surface area contributed by atoms with Crippen LogP contribution in [0.2, 0.25) is 0 Å². The van der Waals surface area contributed by atoms with Crippen molar-refractivity contribution in [1.82, 2.24) is 10.6 Å². The molecule has 0 saturated heterocycles. The lowest BCUT2D eigenvalue weighted by atomic mass is 9.96. The third-order valence-corrected chi connectivity index (χ3v) is 4.84. The topological polar surface area (TPSA) is 78.4 Å². The van der Waals surface area contributed by atoms with Gasteiger partial charge in [0.25, 0.3) is 0 Å². The minimum atomic E-state index is -0.508. The summed E-state index contributed by atoms with van der Waals surface area (Å²) >= 11 is 0. The van der Waals surface area contributed by atoms with Crippen LogP contribution in [0.1, 0.15) is 58.8 Å². The molecule has 5 heteroatoms. The number of carbonyl (C=O) groups is 2. The summed E-state index contributed by atoms with van der Waals surface area (Å²) in [5.74, 6) is 0.497. The first-order valence-electron chi connectivity index (χ1n) is 8.17. The van der Waals surface area contributed by atoms with Crippen LogP contribution >= 0.6 is 0 Å². The highest BCUT2D eigenvalue weighted by Crippen LogP contribution is 2.39. The van der Waals surface area contributed by atoms with E-state index in [9.17, 15) is 14.7 Å². The normalized spacial score (nSPS) is 23.4. The summed E-state index contributed by atoms with van der Waals surface area (Å²) in [6.45, 7) is 3.72. The predicted molar refractivity (Wildman–Crippen MR) is 80.5 cm³/mol. The van der Waals surface area contributed by atoms with Crippen molar-refractivity contribution in [1.29, 1.82) is 0 Å². The van der Waals surface area contributed by atoms with Gasteiger partial charge in [0.2, 0.25) is 11.8 Å². The molecule has 2 rings (SSSR count). The van der Waals surface area contributed by atoms with E-state index in [1.807, 2.05) is 13.8 Å². The molecule has 0 aromatic carbocycles. The fourth-order valence-corrected chi connectivity index (χ4v) is 3.24. The van der Waals surface area contributed by atoms with Crippen LogP contribution in [-0.2, 0) is 9.59 Å². The molecule has 2 aliphatic carbocycles. The summed E-state index contributed by atoms with van der Waals surface area (Å²) < 4.78 is 0. The first-order valence-corrected chi connectivity index (χ1v) is 8.17. The third kappa shape index (κ3) is 4.43. The Morgan fingerprint density at radius 2 is 1.86 bits per heavy atom. The lowest BCUT2D eigenvalue weighted by molar-refractivity contribution is -0.126. The zero-order valence-electron chi connectivity index (χ0n) is 13.2. The van der Waals surface area contributed by atoms with Crippen LogP contribution < -0.4 is 10.6 Å². The number of aliphatic hydroxyl groups excluding tert-OH is 1. The number of nitrogens with one attached hydrogen (secondary N) is 2. The third-order valence-electron chi connectivity index (χ3n) is 4.84. The number of aliphatic hydroxyl groups is 1. The quantitative estimate of drug-likeness (QED) is 0.663. The molecule has 3 N–H and O–H groups in total. The summed E-state index contributed by atoms with van der Waals surface area (Å²) in [6.07, 6.45) is 6.58. The van der Waals surface area contributed by atoms with Crippen LogP contribution in [0.15, 0.2) is 0 Å². The maximum Gasteiger partial charge on any atom is 0.223 e. The molecular formula is C16H28N2O3. The number of hydrogen-bond donors (Lipinski definition) is 3. The molecule has 2 atom stereocenters. The SMILES string of the molecule is CC(CC(=O)NC(C)(CO)C1CC1)NC(=O)C1CCCC1. The molecule has 2 saturated carbocycles. The van der Waals surface area contributed by atoms with Gasteiger partial charge in [0.1, 0.15) is 0 Å². The van der Waals surface area contributed by atoms with Crippen molar-refractivity contribution in [2.24, 2.45) is 11.8 Å². The van der Waals surface area contributed by atoms with Crippen molar-refractivity contribution in [2.75, 3.05) is 6.61 Å². The van der Waals surface area contributed by atoms with E-state index in [2.05, 4.69) is 10.6 Å². The fraction of sp³-hybridized carbons (Fsp3) is 0.875. The van der Waals surface area contributed by atoms with Gasteiger partial charge < -0.3 is 15.7 Å². The molecule has 0 radical (unpaired) electrons.